The van der Waals surface area contributed by atoms with Crippen LogP contribution in [0.1, 0.15) is 38.0 Å². The Morgan fingerprint density at radius 1 is 0.927 bits per heavy atom. The van der Waals surface area contributed by atoms with E-state index in [-0.39, 0.29) is 34.7 Å². The fourth-order valence-electron chi connectivity index (χ4n) is 4.36. The number of halogens is 1. The van der Waals surface area contributed by atoms with Crippen LogP contribution in [0.2, 0.25) is 5.02 Å². The predicted molar refractivity (Wildman–Crippen MR) is 149 cm³/mol. The van der Waals surface area contributed by atoms with Crippen LogP contribution < -0.4 is 10.2 Å². The molecule has 3 aromatic carbocycles. The number of esters is 1. The molecule has 3 aromatic rings. The molecule has 1 N–H and O–H groups in total. The van der Waals surface area contributed by atoms with Gasteiger partial charge in [0.25, 0.3) is 17.7 Å². The van der Waals surface area contributed by atoms with Gasteiger partial charge in [-0.05, 0) is 73.7 Å². The molecule has 0 bridgehead atoms. The molecule has 1 atom stereocenters. The van der Waals surface area contributed by atoms with Crippen molar-refractivity contribution in [2.24, 2.45) is 0 Å². The molecule has 0 saturated carbocycles. The van der Waals surface area contributed by atoms with Crippen LogP contribution in [-0.4, -0.2) is 68.8 Å². The van der Waals surface area contributed by atoms with Crippen LogP contribution in [0.4, 0.5) is 11.4 Å². The second-order valence-corrected chi connectivity index (χ2v) is 11.6. The Morgan fingerprint density at radius 2 is 1.56 bits per heavy atom. The van der Waals surface area contributed by atoms with E-state index in [2.05, 4.69) is 5.32 Å². The quantitative estimate of drug-likeness (QED) is 0.323. The number of anilines is 2. The number of nitrogens with one attached hydrogen (secondary N) is 1. The van der Waals surface area contributed by atoms with Crippen LogP contribution in [0.5, 0.6) is 0 Å². The number of carbonyl (C=O) groups excluding carboxylic acids is 4. The summed E-state index contributed by atoms with van der Waals surface area (Å²) in [5.41, 5.74) is 0.791. The number of rotatable bonds is 7. The molecule has 2 aliphatic rings. The predicted octanol–water partition coefficient (Wildman–Crippen LogP) is 3.35. The lowest BCUT2D eigenvalue weighted by Crippen LogP contribution is -2.40. The van der Waals surface area contributed by atoms with E-state index in [0.29, 0.717) is 29.6 Å². The van der Waals surface area contributed by atoms with E-state index in [1.54, 1.807) is 12.1 Å². The van der Waals surface area contributed by atoms with Gasteiger partial charge >= 0.3 is 5.97 Å². The number of fused-ring (bicyclic) bond motifs is 1. The first-order valence-corrected chi connectivity index (χ1v) is 14.4. The van der Waals surface area contributed by atoms with Crippen molar-refractivity contribution in [3.63, 3.8) is 0 Å². The maximum Gasteiger partial charge on any atom is 0.338 e. The molecule has 11 nitrogen and oxygen atoms in total. The van der Waals surface area contributed by atoms with Crippen molar-refractivity contribution in [1.29, 1.82) is 0 Å². The van der Waals surface area contributed by atoms with Crippen LogP contribution >= 0.6 is 11.6 Å². The normalized spacial score (nSPS) is 16.3. The average molecular weight is 598 g/mol. The highest BCUT2D eigenvalue weighted by molar-refractivity contribution is 7.89. The molecule has 1 saturated heterocycles. The van der Waals surface area contributed by atoms with Gasteiger partial charge in [0.15, 0.2) is 6.10 Å². The van der Waals surface area contributed by atoms with Gasteiger partial charge in [-0.15, -0.1) is 0 Å². The van der Waals surface area contributed by atoms with Gasteiger partial charge in [0, 0.05) is 23.8 Å². The summed E-state index contributed by atoms with van der Waals surface area (Å²) in [7, 11) is -3.69. The van der Waals surface area contributed by atoms with Crippen LogP contribution in [0.3, 0.4) is 0 Å². The highest BCUT2D eigenvalue weighted by Crippen LogP contribution is 2.30. The fourth-order valence-corrected chi connectivity index (χ4v) is 5.90. The van der Waals surface area contributed by atoms with E-state index in [9.17, 15) is 27.6 Å². The third kappa shape index (κ3) is 5.72. The van der Waals surface area contributed by atoms with Crippen molar-refractivity contribution in [3.8, 4) is 0 Å². The minimum atomic E-state index is -3.69. The van der Waals surface area contributed by atoms with Gasteiger partial charge < -0.3 is 14.8 Å². The zero-order valence-corrected chi connectivity index (χ0v) is 23.3. The number of sulfonamides is 1. The fraction of sp³-hybridized carbons (Fsp3) is 0.214. The Kier molecular flexibility index (Phi) is 7.91. The molecule has 212 valence electrons. The lowest BCUT2D eigenvalue weighted by atomic mass is 10.1. The van der Waals surface area contributed by atoms with E-state index in [4.69, 9.17) is 21.1 Å². The smallest absolute Gasteiger partial charge is 0.338 e. The van der Waals surface area contributed by atoms with Gasteiger partial charge in [0.1, 0.15) is 0 Å². The number of amides is 3. The summed E-state index contributed by atoms with van der Waals surface area (Å²) in [6.07, 6.45) is -1.23. The van der Waals surface area contributed by atoms with E-state index in [0.717, 1.165) is 4.90 Å². The SMILES string of the molecule is CC(OC(=O)c1ccc2c(c1)C(=O)N(c1ccc(Cl)cc1)C2=O)C(=O)Nc1ccc(S(=O)(=O)N2CCOCC2)cc1. The lowest BCUT2D eigenvalue weighted by Gasteiger charge is -2.26. The molecule has 0 aromatic heterocycles. The number of benzene rings is 3. The van der Waals surface area contributed by atoms with Gasteiger partial charge in [-0.3, -0.25) is 14.4 Å². The zero-order chi connectivity index (χ0) is 29.3. The standard InChI is InChI=1S/C28H24ClN3O8S/c1-17(25(33)30-20-5-9-22(10-6-20)41(37,38)31-12-14-39-15-13-31)40-28(36)18-2-11-23-24(16-18)27(35)32(26(23)34)21-7-3-19(29)4-8-21/h2-11,16-17H,12-15H2,1H3,(H,30,33). The minimum Gasteiger partial charge on any atom is -0.449 e. The molecule has 2 heterocycles. The Bertz CT molecular complexity index is 1640. The summed E-state index contributed by atoms with van der Waals surface area (Å²) in [6, 6.07) is 15.8. The Balaban J connectivity index is 1.22. The van der Waals surface area contributed by atoms with Crippen molar-refractivity contribution in [1.82, 2.24) is 4.31 Å². The molecule has 1 fully saturated rings. The Labute approximate surface area is 240 Å². The molecule has 3 amide bonds. The molecule has 41 heavy (non-hydrogen) atoms. The Morgan fingerprint density at radius 3 is 2.22 bits per heavy atom. The molecular formula is C28H24ClN3O8S. The highest BCUT2D eigenvalue weighted by Gasteiger charge is 2.37. The monoisotopic (exact) mass is 597 g/mol. The van der Waals surface area contributed by atoms with Crippen LogP contribution in [0, 0.1) is 0 Å². The first-order valence-electron chi connectivity index (χ1n) is 12.5. The van der Waals surface area contributed by atoms with E-state index >= 15 is 0 Å². The third-order valence-corrected chi connectivity index (χ3v) is 8.75. The number of nitrogens with zero attached hydrogens (tertiary/aromatic N) is 2. The van der Waals surface area contributed by atoms with E-state index < -0.39 is 39.8 Å². The van der Waals surface area contributed by atoms with Gasteiger partial charge in [-0.1, -0.05) is 11.6 Å². The maximum absolute atomic E-state index is 13.0. The number of morpholine rings is 1. The summed E-state index contributed by atoms with van der Waals surface area (Å²) in [4.78, 5) is 52.3. The van der Waals surface area contributed by atoms with Gasteiger partial charge in [0.05, 0.1) is 40.5 Å². The summed E-state index contributed by atoms with van der Waals surface area (Å²) in [5.74, 6) is -2.66. The molecule has 1 unspecified atom stereocenters. The van der Waals surface area contributed by atoms with E-state index in [1.165, 1.54) is 65.8 Å². The number of ether oxygens (including phenoxy) is 2. The van der Waals surface area contributed by atoms with Crippen LogP contribution in [-0.2, 0) is 24.3 Å². The van der Waals surface area contributed by atoms with E-state index in [1.807, 2.05) is 0 Å². The summed E-state index contributed by atoms with van der Waals surface area (Å²) in [5, 5.41) is 3.03. The van der Waals surface area contributed by atoms with Crippen molar-refractivity contribution in [2.45, 2.75) is 17.9 Å². The second kappa shape index (κ2) is 11.4. The molecule has 13 heteroatoms. The molecule has 2 aliphatic heterocycles. The van der Waals surface area contributed by atoms with Crippen molar-refractivity contribution in [2.75, 3.05) is 36.5 Å². The molecular weight excluding hydrogens is 574 g/mol. The highest BCUT2D eigenvalue weighted by atomic mass is 35.5. The third-order valence-electron chi connectivity index (χ3n) is 6.59. The zero-order valence-electron chi connectivity index (χ0n) is 21.7. The van der Waals surface area contributed by atoms with Crippen molar-refractivity contribution >= 4 is 56.7 Å². The first-order chi connectivity index (χ1) is 19.6. The topological polar surface area (TPSA) is 139 Å². The minimum absolute atomic E-state index is 0.0137. The molecule has 0 aliphatic carbocycles. The largest absolute Gasteiger partial charge is 0.449 e. The lowest BCUT2D eigenvalue weighted by molar-refractivity contribution is -0.123. The Hall–Kier alpha value is -4.10. The summed E-state index contributed by atoms with van der Waals surface area (Å²) >= 11 is 5.90. The number of imide groups is 1. The second-order valence-electron chi connectivity index (χ2n) is 9.26. The average Bonchev–Trinajstić information content (AvgIpc) is 3.23. The van der Waals surface area contributed by atoms with Gasteiger partial charge in [-0.25, -0.2) is 18.1 Å². The summed E-state index contributed by atoms with van der Waals surface area (Å²) in [6.45, 7) is 2.55. The van der Waals surface area contributed by atoms with Crippen LogP contribution in [0.25, 0.3) is 0 Å². The molecule has 0 radical (unpaired) electrons. The number of carbonyl (C=O) groups is 4. The maximum atomic E-state index is 13.0. The van der Waals surface area contributed by atoms with Gasteiger partial charge in [0.2, 0.25) is 10.0 Å². The number of hydrogen-bond donors (Lipinski definition) is 1. The summed E-state index contributed by atoms with van der Waals surface area (Å²) < 4.78 is 37.4. The molecule has 0 spiro atoms. The molecule has 5 rings (SSSR count). The van der Waals surface area contributed by atoms with Crippen molar-refractivity contribution < 1.29 is 37.1 Å². The van der Waals surface area contributed by atoms with Gasteiger partial charge in [-0.2, -0.15) is 4.31 Å². The number of hydrogen-bond acceptors (Lipinski definition) is 8. The van der Waals surface area contributed by atoms with Crippen molar-refractivity contribution in [3.05, 3.63) is 88.4 Å². The first kappa shape index (κ1) is 28.4. The van der Waals surface area contributed by atoms with Crippen LogP contribution in [0.15, 0.2) is 71.6 Å².